The van der Waals surface area contributed by atoms with E-state index in [1.165, 1.54) is 0 Å². The first-order valence-corrected chi connectivity index (χ1v) is 11.3. The zero-order chi connectivity index (χ0) is 21.8. The van der Waals surface area contributed by atoms with E-state index >= 15 is 0 Å². The van der Waals surface area contributed by atoms with Gasteiger partial charge in [0.1, 0.15) is 5.58 Å². The van der Waals surface area contributed by atoms with Gasteiger partial charge in [-0.1, -0.05) is 54.1 Å². The lowest BCUT2D eigenvalue weighted by molar-refractivity contribution is 0.559. The monoisotopic (exact) mass is 432 g/mol. The van der Waals surface area contributed by atoms with Crippen LogP contribution in [0.2, 0.25) is 0 Å². The number of nitrogens with one attached hydrogen (secondary N) is 1. The molecule has 0 spiro atoms. The Bertz CT molecular complexity index is 1410. The number of hydrazone groups is 1. The quantitative estimate of drug-likeness (QED) is 0.277. The smallest absolute Gasteiger partial charge is 0.345 e. The van der Waals surface area contributed by atoms with Gasteiger partial charge in [0.2, 0.25) is 0 Å². The maximum atomic E-state index is 13.1. The van der Waals surface area contributed by atoms with Gasteiger partial charge >= 0.3 is 5.63 Å². The Labute approximate surface area is 179 Å². The van der Waals surface area contributed by atoms with Crippen molar-refractivity contribution in [2.45, 2.75) is 11.8 Å². The number of nitrogens with zero attached hydrogens (tertiary/aromatic N) is 1. The van der Waals surface area contributed by atoms with Crippen LogP contribution in [0.15, 0.2) is 104 Å². The predicted octanol–water partition coefficient (Wildman–Crippen LogP) is 4.39. The number of para-hydroxylation sites is 2. The van der Waals surface area contributed by atoms with E-state index in [9.17, 15) is 13.2 Å². The molecule has 0 bridgehead atoms. The molecule has 7 heteroatoms. The largest absolute Gasteiger partial charge is 0.422 e. The molecule has 0 unspecified atom stereocenters. The van der Waals surface area contributed by atoms with Crippen molar-refractivity contribution in [3.05, 3.63) is 106 Å². The Balaban J connectivity index is 1.79. The first kappa shape index (κ1) is 20.6. The maximum absolute atomic E-state index is 13.1. The minimum absolute atomic E-state index is 0.0731. The van der Waals surface area contributed by atoms with E-state index in [0.29, 0.717) is 16.7 Å². The summed E-state index contributed by atoms with van der Waals surface area (Å²) in [5, 5.41) is 4.97. The molecule has 4 rings (SSSR count). The van der Waals surface area contributed by atoms with Gasteiger partial charge in [0.05, 0.1) is 27.6 Å². The molecule has 0 radical (unpaired) electrons. The van der Waals surface area contributed by atoms with Crippen molar-refractivity contribution in [2.24, 2.45) is 5.10 Å². The van der Waals surface area contributed by atoms with Gasteiger partial charge in [-0.25, -0.2) is 13.2 Å². The zero-order valence-corrected chi connectivity index (χ0v) is 17.6. The zero-order valence-electron chi connectivity index (χ0n) is 16.8. The van der Waals surface area contributed by atoms with E-state index in [1.807, 2.05) is 31.2 Å². The van der Waals surface area contributed by atoms with Gasteiger partial charge in [-0.15, -0.1) is 0 Å². The topological polar surface area (TPSA) is 88.7 Å². The van der Waals surface area contributed by atoms with Gasteiger partial charge in [-0.3, -0.25) is 5.43 Å². The molecule has 4 aromatic rings. The van der Waals surface area contributed by atoms with Gasteiger partial charge in [0.15, 0.2) is 9.84 Å². The molecule has 0 aliphatic rings. The van der Waals surface area contributed by atoms with Crippen molar-refractivity contribution in [1.29, 1.82) is 0 Å². The SMILES string of the molecule is Cc1ccc(S(=O)(=O)C/C(=N\Nc2ccccc2)c2cc3ccccc3oc2=O)cc1. The average Bonchev–Trinajstić information content (AvgIpc) is 2.77. The van der Waals surface area contributed by atoms with Crippen LogP contribution in [-0.4, -0.2) is 19.9 Å². The number of fused-ring (bicyclic) bond motifs is 1. The van der Waals surface area contributed by atoms with Gasteiger partial charge < -0.3 is 4.42 Å². The Hall–Kier alpha value is -3.71. The number of benzene rings is 3. The van der Waals surface area contributed by atoms with Crippen molar-refractivity contribution in [3.8, 4) is 0 Å². The van der Waals surface area contributed by atoms with Crippen LogP contribution in [-0.2, 0) is 9.84 Å². The summed E-state index contributed by atoms with van der Waals surface area (Å²) in [5.41, 5.74) is 4.41. The Morgan fingerprint density at radius 3 is 2.35 bits per heavy atom. The second kappa shape index (κ2) is 8.57. The molecule has 0 aliphatic heterocycles. The standard InChI is InChI=1S/C24H20N2O4S/c1-17-11-13-20(14-12-17)31(28,29)16-22(26-25-19-8-3-2-4-9-19)21-15-18-7-5-6-10-23(18)30-24(21)27/h2-15,25H,16H2,1H3/b26-22+. The molecule has 0 amide bonds. The van der Waals surface area contributed by atoms with Crippen LogP contribution in [0.5, 0.6) is 0 Å². The molecule has 0 saturated heterocycles. The second-order valence-electron chi connectivity index (χ2n) is 7.09. The molecule has 156 valence electrons. The Morgan fingerprint density at radius 1 is 0.935 bits per heavy atom. The molecule has 0 atom stereocenters. The van der Waals surface area contributed by atoms with Gasteiger partial charge in [0.25, 0.3) is 0 Å². The molecule has 0 aliphatic carbocycles. The van der Waals surface area contributed by atoms with E-state index in [0.717, 1.165) is 5.56 Å². The molecule has 1 aromatic heterocycles. The van der Waals surface area contributed by atoms with Crippen LogP contribution in [0.25, 0.3) is 11.0 Å². The summed E-state index contributed by atoms with van der Waals surface area (Å²) in [6, 6.07) is 24.3. The van der Waals surface area contributed by atoms with Gasteiger partial charge in [-0.05, 0) is 43.3 Å². The third kappa shape index (κ3) is 4.73. The van der Waals surface area contributed by atoms with Crippen LogP contribution in [0, 0.1) is 6.92 Å². The van der Waals surface area contributed by atoms with Crippen molar-refractivity contribution >= 4 is 32.2 Å². The molecule has 1 N–H and O–H groups in total. The van der Waals surface area contributed by atoms with Crippen LogP contribution in [0.1, 0.15) is 11.1 Å². The second-order valence-corrected chi connectivity index (χ2v) is 9.08. The van der Waals surface area contributed by atoms with Crippen molar-refractivity contribution in [2.75, 3.05) is 11.2 Å². The summed E-state index contributed by atoms with van der Waals surface area (Å²) < 4.78 is 31.5. The fraction of sp³-hybridized carbons (Fsp3) is 0.0833. The highest BCUT2D eigenvalue weighted by atomic mass is 32.2. The number of anilines is 1. The highest BCUT2D eigenvalue weighted by molar-refractivity contribution is 7.92. The molecule has 6 nitrogen and oxygen atoms in total. The number of hydrogen-bond donors (Lipinski definition) is 1. The van der Waals surface area contributed by atoms with Crippen molar-refractivity contribution in [3.63, 3.8) is 0 Å². The molecule has 3 aromatic carbocycles. The summed E-state index contributed by atoms with van der Waals surface area (Å²) in [6.07, 6.45) is 0. The first-order chi connectivity index (χ1) is 14.9. The Morgan fingerprint density at radius 2 is 1.61 bits per heavy atom. The summed E-state index contributed by atoms with van der Waals surface area (Å²) in [5.74, 6) is -0.459. The van der Waals surface area contributed by atoms with Crippen molar-refractivity contribution in [1.82, 2.24) is 0 Å². The molecule has 0 fully saturated rings. The Kier molecular flexibility index (Phi) is 5.68. The highest BCUT2D eigenvalue weighted by Gasteiger charge is 2.22. The molecule has 31 heavy (non-hydrogen) atoms. The normalized spacial score (nSPS) is 12.1. The van der Waals surface area contributed by atoms with E-state index in [-0.39, 0.29) is 16.2 Å². The lowest BCUT2D eigenvalue weighted by Gasteiger charge is -2.10. The van der Waals surface area contributed by atoms with Crippen LogP contribution < -0.4 is 11.1 Å². The van der Waals surface area contributed by atoms with E-state index in [1.54, 1.807) is 60.7 Å². The summed E-state index contributed by atoms with van der Waals surface area (Å²) >= 11 is 0. The number of aryl methyl sites for hydroxylation is 1. The van der Waals surface area contributed by atoms with Crippen LogP contribution in [0.4, 0.5) is 5.69 Å². The molecule has 0 saturated carbocycles. The van der Waals surface area contributed by atoms with Crippen LogP contribution in [0.3, 0.4) is 0 Å². The summed E-state index contributed by atoms with van der Waals surface area (Å²) in [4.78, 5) is 12.8. The van der Waals surface area contributed by atoms with E-state index in [2.05, 4.69) is 10.5 Å². The van der Waals surface area contributed by atoms with Crippen LogP contribution >= 0.6 is 0 Å². The number of sulfone groups is 1. The molecule has 1 heterocycles. The first-order valence-electron chi connectivity index (χ1n) is 9.63. The molecular formula is C24H20N2O4S. The summed E-state index contributed by atoms with van der Waals surface area (Å²) in [7, 11) is -3.75. The lowest BCUT2D eigenvalue weighted by Crippen LogP contribution is -2.24. The minimum Gasteiger partial charge on any atom is -0.422 e. The predicted molar refractivity (Wildman–Crippen MR) is 122 cm³/mol. The highest BCUT2D eigenvalue weighted by Crippen LogP contribution is 2.17. The number of rotatable bonds is 6. The fourth-order valence-electron chi connectivity index (χ4n) is 3.09. The third-order valence-electron chi connectivity index (χ3n) is 4.75. The maximum Gasteiger partial charge on any atom is 0.345 e. The number of hydrogen-bond acceptors (Lipinski definition) is 6. The van der Waals surface area contributed by atoms with E-state index < -0.39 is 21.2 Å². The average molecular weight is 433 g/mol. The minimum atomic E-state index is -3.75. The molecular weight excluding hydrogens is 412 g/mol. The summed E-state index contributed by atoms with van der Waals surface area (Å²) in [6.45, 7) is 1.88. The van der Waals surface area contributed by atoms with Gasteiger partial charge in [-0.2, -0.15) is 5.10 Å². The van der Waals surface area contributed by atoms with Gasteiger partial charge in [0, 0.05) is 5.39 Å². The van der Waals surface area contributed by atoms with Crippen molar-refractivity contribution < 1.29 is 12.8 Å². The van der Waals surface area contributed by atoms with E-state index in [4.69, 9.17) is 4.42 Å². The lowest BCUT2D eigenvalue weighted by atomic mass is 10.1. The fourth-order valence-corrected chi connectivity index (χ4v) is 4.38. The third-order valence-corrected chi connectivity index (χ3v) is 6.40.